The van der Waals surface area contributed by atoms with Crippen LogP contribution in [-0.2, 0) is 14.3 Å². The molecule has 0 N–H and O–H groups in total. The largest absolute Gasteiger partial charge is 0.380 e. The van der Waals surface area contributed by atoms with E-state index >= 15 is 0 Å². The van der Waals surface area contributed by atoms with Crippen LogP contribution in [0.4, 0.5) is 0 Å². The Labute approximate surface area is 138 Å². The zero-order chi connectivity index (χ0) is 16.0. The Morgan fingerprint density at radius 3 is 2.61 bits per heavy atom. The zero-order valence-corrected chi connectivity index (χ0v) is 14.4. The summed E-state index contributed by atoms with van der Waals surface area (Å²) in [6.45, 7) is 2.24. The Balaban J connectivity index is 1.54. The van der Waals surface area contributed by atoms with Crippen molar-refractivity contribution < 1.29 is 14.3 Å². The molecule has 7 atom stereocenters. The van der Waals surface area contributed by atoms with E-state index in [1.165, 1.54) is 12.8 Å². The van der Waals surface area contributed by atoms with Gasteiger partial charge in [-0.1, -0.05) is 6.92 Å². The number of ether oxygens (including phenoxy) is 1. The second-order valence-corrected chi connectivity index (χ2v) is 9.36. The summed E-state index contributed by atoms with van der Waals surface area (Å²) in [6, 6.07) is 0. The lowest BCUT2D eigenvalue weighted by Gasteiger charge is -2.53. The van der Waals surface area contributed by atoms with E-state index in [1.54, 1.807) is 0 Å². The van der Waals surface area contributed by atoms with Crippen LogP contribution in [-0.4, -0.2) is 24.8 Å². The predicted octanol–water partition coefficient (Wildman–Crippen LogP) is 3.55. The van der Waals surface area contributed by atoms with E-state index in [4.69, 9.17) is 4.74 Å². The molecular formula is C20H28O3. The second kappa shape index (κ2) is 4.28. The highest BCUT2D eigenvalue weighted by Gasteiger charge is 2.83. The summed E-state index contributed by atoms with van der Waals surface area (Å²) in [4.78, 5) is 24.6. The van der Waals surface area contributed by atoms with Gasteiger partial charge in [-0.2, -0.15) is 0 Å². The fourth-order valence-corrected chi connectivity index (χ4v) is 8.24. The van der Waals surface area contributed by atoms with Gasteiger partial charge < -0.3 is 4.74 Å². The normalized spacial score (nSPS) is 57.3. The minimum Gasteiger partial charge on any atom is -0.380 e. The van der Waals surface area contributed by atoms with Crippen LogP contribution in [0.15, 0.2) is 0 Å². The van der Waals surface area contributed by atoms with E-state index in [9.17, 15) is 9.59 Å². The van der Waals surface area contributed by atoms with Gasteiger partial charge in [0.1, 0.15) is 11.6 Å². The van der Waals surface area contributed by atoms with Crippen LogP contribution >= 0.6 is 0 Å². The van der Waals surface area contributed by atoms with Crippen LogP contribution in [0.25, 0.3) is 0 Å². The first kappa shape index (κ1) is 14.6. The van der Waals surface area contributed by atoms with Crippen molar-refractivity contribution >= 4 is 11.6 Å². The molecule has 0 aromatic carbocycles. The van der Waals surface area contributed by atoms with Crippen molar-refractivity contribution in [2.24, 2.45) is 34.0 Å². The molecule has 5 aliphatic rings. The van der Waals surface area contributed by atoms with Crippen molar-refractivity contribution in [2.75, 3.05) is 7.11 Å². The Bertz CT molecular complexity index is 598. The van der Waals surface area contributed by atoms with Gasteiger partial charge in [-0.05, 0) is 56.3 Å². The average molecular weight is 316 g/mol. The molecule has 0 aromatic heterocycles. The highest BCUT2D eigenvalue weighted by atomic mass is 16.5. The first-order valence-corrected chi connectivity index (χ1v) is 9.57. The van der Waals surface area contributed by atoms with E-state index in [-0.39, 0.29) is 16.2 Å². The number of ketones is 2. The maximum absolute atomic E-state index is 12.5. The number of carbonyl (C=O) groups is 2. The third-order valence-electron chi connectivity index (χ3n) is 9.11. The van der Waals surface area contributed by atoms with Gasteiger partial charge in [0.2, 0.25) is 0 Å². The first-order valence-electron chi connectivity index (χ1n) is 9.57. The quantitative estimate of drug-likeness (QED) is 0.743. The Hall–Kier alpha value is -0.700. The molecule has 0 spiro atoms. The number of Topliss-reactive ketones (excluding diaryl/α,β-unsaturated/α-hetero) is 2. The summed E-state index contributed by atoms with van der Waals surface area (Å²) in [7, 11) is 1.85. The number of fused-ring (bicyclic) bond motifs is 3. The molecule has 0 saturated heterocycles. The highest BCUT2D eigenvalue weighted by Crippen LogP contribution is 2.82. The average Bonchev–Trinajstić information content (AvgIpc) is 3.02. The van der Waals surface area contributed by atoms with Gasteiger partial charge in [0.05, 0.1) is 6.10 Å². The van der Waals surface area contributed by atoms with Crippen LogP contribution in [0.3, 0.4) is 0 Å². The van der Waals surface area contributed by atoms with Gasteiger partial charge in [-0.15, -0.1) is 0 Å². The lowest BCUT2D eigenvalue weighted by Crippen LogP contribution is -2.49. The zero-order valence-electron chi connectivity index (χ0n) is 14.4. The van der Waals surface area contributed by atoms with E-state index in [0.717, 1.165) is 44.9 Å². The van der Waals surface area contributed by atoms with Crippen LogP contribution < -0.4 is 0 Å². The van der Waals surface area contributed by atoms with Gasteiger partial charge in [-0.25, -0.2) is 0 Å². The fourth-order valence-electron chi connectivity index (χ4n) is 8.24. The third kappa shape index (κ3) is 1.44. The Morgan fingerprint density at radius 1 is 1.00 bits per heavy atom. The van der Waals surface area contributed by atoms with Crippen LogP contribution in [0.1, 0.15) is 64.7 Å². The lowest BCUT2D eigenvalue weighted by atomic mass is 9.50. The first-order chi connectivity index (χ1) is 11.0. The Morgan fingerprint density at radius 2 is 1.83 bits per heavy atom. The number of methoxy groups -OCH3 is 1. The van der Waals surface area contributed by atoms with Crippen LogP contribution in [0.5, 0.6) is 0 Å². The molecule has 0 aliphatic heterocycles. The number of rotatable bonds is 1. The van der Waals surface area contributed by atoms with Gasteiger partial charge in [0.15, 0.2) is 0 Å². The van der Waals surface area contributed by atoms with Crippen molar-refractivity contribution in [3.8, 4) is 0 Å². The molecule has 5 rings (SSSR count). The SMILES string of the molecule is CO[C@@H]1[C@]23CC[C@@H]4[C@H](CC[C@]5(C)C(=O)CC[C@@H]45)[C@]12CCC(=O)C3. The number of carbonyl (C=O) groups excluding carboxylic acids is 2. The van der Waals surface area contributed by atoms with E-state index in [1.807, 2.05) is 7.11 Å². The standard InChI is InChI=1S/C20H28O3/c1-18-8-7-15-13(14(18)3-4-16(18)22)6-9-19-11-12(21)5-10-20(15,19)17(19)23-2/h13-15,17H,3-11H2,1-2H3/t13-,14-,15-,17+,18-,19+,20+/m0/s1. The Kier molecular flexibility index (Phi) is 2.72. The van der Waals surface area contributed by atoms with Crippen molar-refractivity contribution in [2.45, 2.75) is 70.8 Å². The molecule has 0 bridgehead atoms. The summed E-state index contributed by atoms with van der Waals surface area (Å²) in [5, 5.41) is 0. The van der Waals surface area contributed by atoms with E-state index < -0.39 is 0 Å². The number of hydrogen-bond donors (Lipinski definition) is 0. The van der Waals surface area contributed by atoms with Gasteiger partial charge in [-0.3, -0.25) is 9.59 Å². The molecular weight excluding hydrogens is 288 g/mol. The highest BCUT2D eigenvalue weighted by molar-refractivity contribution is 5.87. The fraction of sp³-hybridized carbons (Fsp3) is 0.900. The minimum atomic E-state index is -0.0419. The van der Waals surface area contributed by atoms with Crippen molar-refractivity contribution in [1.82, 2.24) is 0 Å². The van der Waals surface area contributed by atoms with Crippen molar-refractivity contribution in [3.05, 3.63) is 0 Å². The molecule has 23 heavy (non-hydrogen) atoms. The topological polar surface area (TPSA) is 43.4 Å². The van der Waals surface area contributed by atoms with Crippen molar-refractivity contribution in [1.29, 1.82) is 0 Å². The molecule has 0 heterocycles. The third-order valence-corrected chi connectivity index (χ3v) is 9.11. The van der Waals surface area contributed by atoms with E-state index in [0.29, 0.717) is 35.4 Å². The van der Waals surface area contributed by atoms with Crippen LogP contribution in [0, 0.1) is 34.0 Å². The molecule has 3 nitrogen and oxygen atoms in total. The molecule has 0 radical (unpaired) electrons. The smallest absolute Gasteiger partial charge is 0.139 e. The summed E-state index contributed by atoms with van der Waals surface area (Å²) in [5.41, 5.74) is 0.389. The van der Waals surface area contributed by atoms with Gasteiger partial charge in [0, 0.05) is 42.6 Å². The summed E-state index contributed by atoms with van der Waals surface area (Å²) in [6.07, 6.45) is 9.39. The summed E-state index contributed by atoms with van der Waals surface area (Å²) < 4.78 is 5.97. The maximum Gasteiger partial charge on any atom is 0.139 e. The molecule has 126 valence electrons. The predicted molar refractivity (Wildman–Crippen MR) is 85.8 cm³/mol. The lowest BCUT2D eigenvalue weighted by molar-refractivity contribution is -0.134. The van der Waals surface area contributed by atoms with Gasteiger partial charge >= 0.3 is 0 Å². The molecule has 5 aliphatic carbocycles. The van der Waals surface area contributed by atoms with E-state index in [2.05, 4.69) is 6.92 Å². The molecule has 3 heteroatoms. The monoisotopic (exact) mass is 316 g/mol. The molecule has 0 unspecified atom stereocenters. The summed E-state index contributed by atoms with van der Waals surface area (Å²) in [5.74, 6) is 2.96. The molecule has 0 amide bonds. The minimum absolute atomic E-state index is 0.0419. The molecule has 5 saturated carbocycles. The molecule has 0 aromatic rings. The summed E-state index contributed by atoms with van der Waals surface area (Å²) >= 11 is 0. The van der Waals surface area contributed by atoms with Crippen molar-refractivity contribution in [3.63, 3.8) is 0 Å². The van der Waals surface area contributed by atoms with Crippen LogP contribution in [0.2, 0.25) is 0 Å². The maximum atomic E-state index is 12.5. The second-order valence-electron chi connectivity index (χ2n) is 9.36. The number of hydrogen-bond acceptors (Lipinski definition) is 3. The molecule has 5 fully saturated rings. The van der Waals surface area contributed by atoms with Gasteiger partial charge in [0.25, 0.3) is 0 Å².